The average Bonchev–Trinajstić information content (AvgIpc) is 3.38. The first-order valence-corrected chi connectivity index (χ1v) is 12.3. The molecule has 1 atom stereocenters. The van der Waals surface area contributed by atoms with Crippen LogP contribution in [-0.4, -0.2) is 27.2 Å². The molecule has 1 aromatic heterocycles. The van der Waals surface area contributed by atoms with E-state index < -0.39 is 5.60 Å². The van der Waals surface area contributed by atoms with Gasteiger partial charge in [0.25, 0.3) is 0 Å². The second kappa shape index (κ2) is 8.76. The Hall–Kier alpha value is -2.39. The lowest BCUT2D eigenvalue weighted by Gasteiger charge is -2.33. The SMILES string of the molecule is CC(C)(O)c1nc2cc(Cl)ccc2n1C1CCC(NC[C@@H]2Cc3ccc(C#N)cc3C2)CC1. The molecule has 3 aromatic rings. The third-order valence-electron chi connectivity index (χ3n) is 7.31. The fourth-order valence-electron chi connectivity index (χ4n) is 5.67. The van der Waals surface area contributed by atoms with E-state index in [0.29, 0.717) is 23.0 Å². The van der Waals surface area contributed by atoms with Crippen molar-refractivity contribution in [2.75, 3.05) is 6.54 Å². The summed E-state index contributed by atoms with van der Waals surface area (Å²) < 4.78 is 2.25. The van der Waals surface area contributed by atoms with Gasteiger partial charge >= 0.3 is 0 Å². The van der Waals surface area contributed by atoms with Gasteiger partial charge in [0.15, 0.2) is 0 Å². The van der Waals surface area contributed by atoms with Crippen LogP contribution in [0.1, 0.15) is 68.1 Å². The molecule has 1 heterocycles. The Bertz CT molecular complexity index is 1210. The highest BCUT2D eigenvalue weighted by Gasteiger charge is 2.31. The maximum absolute atomic E-state index is 10.8. The van der Waals surface area contributed by atoms with Gasteiger partial charge in [0, 0.05) is 17.1 Å². The maximum atomic E-state index is 10.8. The zero-order valence-electron chi connectivity index (χ0n) is 19.3. The molecule has 5 rings (SSSR count). The minimum Gasteiger partial charge on any atom is -0.383 e. The predicted molar refractivity (Wildman–Crippen MR) is 131 cm³/mol. The molecule has 1 fully saturated rings. The minimum absolute atomic E-state index is 0.329. The quantitative estimate of drug-likeness (QED) is 0.541. The third kappa shape index (κ3) is 4.53. The number of fused-ring (bicyclic) bond motifs is 2. The number of benzene rings is 2. The van der Waals surface area contributed by atoms with Gasteiger partial charge in [0.2, 0.25) is 0 Å². The molecule has 6 heteroatoms. The van der Waals surface area contributed by atoms with E-state index in [1.54, 1.807) is 13.8 Å². The zero-order valence-corrected chi connectivity index (χ0v) is 20.1. The van der Waals surface area contributed by atoms with Crippen LogP contribution in [0.2, 0.25) is 5.02 Å². The van der Waals surface area contributed by atoms with Crippen LogP contribution in [0.5, 0.6) is 0 Å². The van der Waals surface area contributed by atoms with Crippen LogP contribution in [0.3, 0.4) is 0 Å². The summed E-state index contributed by atoms with van der Waals surface area (Å²) in [6.07, 6.45) is 6.51. The molecule has 33 heavy (non-hydrogen) atoms. The summed E-state index contributed by atoms with van der Waals surface area (Å²) in [5.74, 6) is 1.33. The van der Waals surface area contributed by atoms with Gasteiger partial charge in [-0.25, -0.2) is 4.98 Å². The summed E-state index contributed by atoms with van der Waals surface area (Å²) in [6.45, 7) is 4.63. The highest BCUT2D eigenvalue weighted by Crippen LogP contribution is 2.36. The van der Waals surface area contributed by atoms with Gasteiger partial charge in [-0.1, -0.05) is 17.7 Å². The van der Waals surface area contributed by atoms with Crippen molar-refractivity contribution >= 4 is 22.6 Å². The molecule has 0 spiro atoms. The standard InChI is InChI=1S/C27H31ClN4O/c1-27(2,33)26-31-24-14-21(28)5-10-25(24)32(26)23-8-6-22(7-9-23)30-16-18-12-19-4-3-17(15-29)11-20(19)13-18/h3-5,10-11,14,18,22-23,30,33H,6-9,12-13,16H2,1-2H3/t18-,22?,23?/m1/s1. The van der Waals surface area contributed by atoms with Crippen LogP contribution < -0.4 is 5.32 Å². The molecule has 0 aliphatic heterocycles. The average molecular weight is 463 g/mol. The van der Waals surface area contributed by atoms with E-state index in [1.165, 1.54) is 11.1 Å². The van der Waals surface area contributed by atoms with Crippen molar-refractivity contribution in [3.05, 3.63) is 63.9 Å². The number of nitriles is 1. The van der Waals surface area contributed by atoms with Crippen LogP contribution in [0.25, 0.3) is 11.0 Å². The summed E-state index contributed by atoms with van der Waals surface area (Å²) in [4.78, 5) is 4.75. The monoisotopic (exact) mass is 462 g/mol. The number of hydrogen-bond acceptors (Lipinski definition) is 4. The molecular formula is C27H31ClN4O. The molecule has 172 valence electrons. The molecule has 2 aromatic carbocycles. The number of imidazole rings is 1. The van der Waals surface area contributed by atoms with Gasteiger partial charge in [-0.05, 0) is 106 Å². The summed E-state index contributed by atoms with van der Waals surface area (Å²) in [5, 5.41) is 24.4. The second-order valence-electron chi connectivity index (χ2n) is 10.3. The summed E-state index contributed by atoms with van der Waals surface area (Å²) in [5.41, 5.74) is 4.39. The highest BCUT2D eigenvalue weighted by molar-refractivity contribution is 6.31. The number of rotatable bonds is 5. The van der Waals surface area contributed by atoms with Crippen LogP contribution >= 0.6 is 11.6 Å². The van der Waals surface area contributed by atoms with Crippen molar-refractivity contribution in [1.82, 2.24) is 14.9 Å². The Morgan fingerprint density at radius 3 is 2.61 bits per heavy atom. The van der Waals surface area contributed by atoms with Gasteiger partial charge in [-0.2, -0.15) is 5.26 Å². The number of halogens is 1. The lowest BCUT2D eigenvalue weighted by atomic mass is 9.90. The van der Waals surface area contributed by atoms with Crippen LogP contribution in [0.4, 0.5) is 0 Å². The van der Waals surface area contributed by atoms with Gasteiger partial charge in [-0.15, -0.1) is 0 Å². The Morgan fingerprint density at radius 1 is 1.12 bits per heavy atom. The lowest BCUT2D eigenvalue weighted by Crippen LogP contribution is -2.37. The van der Waals surface area contributed by atoms with Crippen LogP contribution in [-0.2, 0) is 18.4 Å². The van der Waals surface area contributed by atoms with Crippen molar-refractivity contribution in [3.63, 3.8) is 0 Å². The van der Waals surface area contributed by atoms with Gasteiger partial charge in [-0.3, -0.25) is 0 Å². The van der Waals surface area contributed by atoms with Crippen molar-refractivity contribution in [2.45, 2.75) is 70.1 Å². The Labute approximate surface area is 200 Å². The predicted octanol–water partition coefficient (Wildman–Crippen LogP) is 5.28. The van der Waals surface area contributed by atoms with Crippen LogP contribution in [0.15, 0.2) is 36.4 Å². The fraction of sp³-hybridized carbons (Fsp3) is 0.481. The molecule has 0 bridgehead atoms. The van der Waals surface area contributed by atoms with E-state index >= 15 is 0 Å². The number of nitrogens with one attached hydrogen (secondary N) is 1. The first-order valence-electron chi connectivity index (χ1n) is 12.0. The summed E-state index contributed by atoms with van der Waals surface area (Å²) >= 11 is 6.20. The first-order chi connectivity index (χ1) is 15.8. The summed E-state index contributed by atoms with van der Waals surface area (Å²) in [7, 11) is 0. The van der Waals surface area contributed by atoms with Gasteiger partial charge in [0.05, 0.1) is 22.7 Å². The summed E-state index contributed by atoms with van der Waals surface area (Å²) in [6, 6.07) is 15.0. The van der Waals surface area contributed by atoms with E-state index in [1.807, 2.05) is 24.3 Å². The van der Waals surface area contributed by atoms with E-state index in [2.05, 4.69) is 28.1 Å². The maximum Gasteiger partial charge on any atom is 0.141 e. The van der Waals surface area contributed by atoms with Crippen molar-refractivity contribution in [2.24, 2.45) is 5.92 Å². The molecular weight excluding hydrogens is 432 g/mol. The molecule has 1 saturated carbocycles. The highest BCUT2D eigenvalue weighted by atomic mass is 35.5. The molecule has 2 aliphatic carbocycles. The lowest BCUT2D eigenvalue weighted by molar-refractivity contribution is 0.0620. The topological polar surface area (TPSA) is 73.9 Å². The Kier molecular flexibility index (Phi) is 5.95. The molecule has 5 nitrogen and oxygen atoms in total. The van der Waals surface area contributed by atoms with E-state index in [9.17, 15) is 5.11 Å². The van der Waals surface area contributed by atoms with E-state index in [4.69, 9.17) is 21.8 Å². The minimum atomic E-state index is -1.01. The van der Waals surface area contributed by atoms with Gasteiger partial charge < -0.3 is 15.0 Å². The van der Waals surface area contributed by atoms with Gasteiger partial charge in [0.1, 0.15) is 11.4 Å². The molecule has 0 saturated heterocycles. The largest absolute Gasteiger partial charge is 0.383 e. The van der Waals surface area contributed by atoms with E-state index in [0.717, 1.165) is 67.5 Å². The number of aliphatic hydroxyl groups is 1. The van der Waals surface area contributed by atoms with Crippen LogP contribution in [0, 0.1) is 17.2 Å². The molecule has 0 amide bonds. The van der Waals surface area contributed by atoms with Crippen molar-refractivity contribution in [1.29, 1.82) is 5.26 Å². The molecule has 2 N–H and O–H groups in total. The first kappa shape index (κ1) is 22.4. The Balaban J connectivity index is 1.22. The second-order valence-corrected chi connectivity index (χ2v) is 10.7. The Morgan fingerprint density at radius 2 is 1.88 bits per heavy atom. The zero-order chi connectivity index (χ0) is 23.2. The third-order valence-corrected chi connectivity index (χ3v) is 7.54. The fourth-order valence-corrected chi connectivity index (χ4v) is 5.83. The number of nitrogens with zero attached hydrogens (tertiary/aromatic N) is 3. The molecule has 0 radical (unpaired) electrons. The normalized spacial score (nSPS) is 22.9. The van der Waals surface area contributed by atoms with Crippen molar-refractivity contribution < 1.29 is 5.11 Å². The number of hydrogen-bond donors (Lipinski definition) is 2. The molecule has 2 aliphatic rings. The smallest absolute Gasteiger partial charge is 0.141 e. The van der Waals surface area contributed by atoms with Crippen molar-refractivity contribution in [3.8, 4) is 6.07 Å². The van der Waals surface area contributed by atoms with E-state index in [-0.39, 0.29) is 0 Å². The number of aromatic nitrogens is 2. The molecule has 0 unspecified atom stereocenters.